The van der Waals surface area contributed by atoms with Gasteiger partial charge in [-0.25, -0.2) is 8.42 Å². The predicted molar refractivity (Wildman–Crippen MR) is 88.3 cm³/mol. The maximum Gasteiger partial charge on any atom is 0.151 e. The molecule has 21 heavy (non-hydrogen) atoms. The van der Waals surface area contributed by atoms with E-state index in [2.05, 4.69) is 49.6 Å². The highest BCUT2D eigenvalue weighted by molar-refractivity contribution is 7.91. The molecule has 0 N–H and O–H groups in total. The lowest BCUT2D eigenvalue weighted by Gasteiger charge is -2.35. The van der Waals surface area contributed by atoms with E-state index in [1.807, 2.05) is 12.1 Å². The third-order valence-electron chi connectivity index (χ3n) is 4.24. The molecule has 1 aliphatic heterocycles. The Morgan fingerprint density at radius 2 is 2.00 bits per heavy atom. The highest BCUT2D eigenvalue weighted by Crippen LogP contribution is 2.27. The molecule has 0 saturated carbocycles. The second-order valence-electron chi connectivity index (χ2n) is 6.52. The molecule has 1 aromatic carbocycles. The van der Waals surface area contributed by atoms with E-state index >= 15 is 0 Å². The van der Waals surface area contributed by atoms with Gasteiger partial charge in [0, 0.05) is 24.5 Å². The van der Waals surface area contributed by atoms with Gasteiger partial charge in [0.05, 0.1) is 11.5 Å². The second-order valence-corrected chi connectivity index (χ2v) is 8.75. The van der Waals surface area contributed by atoms with E-state index in [1.54, 1.807) is 0 Å². The highest BCUT2D eigenvalue weighted by atomic mass is 32.2. The monoisotopic (exact) mass is 307 g/mol. The smallest absolute Gasteiger partial charge is 0.151 e. The molecule has 2 rings (SSSR count). The molecule has 4 heteroatoms. The predicted octanol–water partition coefficient (Wildman–Crippen LogP) is 2.64. The van der Waals surface area contributed by atoms with Gasteiger partial charge in [0.15, 0.2) is 9.84 Å². The lowest BCUT2D eigenvalue weighted by Crippen LogP contribution is -2.44. The molecule has 0 radical (unpaired) electrons. The fourth-order valence-corrected chi connectivity index (χ4v) is 4.82. The SMILES string of the molecule is C=CCN(CC(C)(C)c1ccccc1)C1CCS(=O)(=O)C1. The van der Waals surface area contributed by atoms with Crippen LogP contribution in [0, 0.1) is 0 Å². The van der Waals surface area contributed by atoms with Crippen LogP contribution in [0.15, 0.2) is 43.0 Å². The molecule has 0 spiro atoms. The minimum atomic E-state index is -2.85. The number of rotatable bonds is 6. The zero-order chi connectivity index (χ0) is 15.5. The van der Waals surface area contributed by atoms with Gasteiger partial charge in [0.25, 0.3) is 0 Å². The quantitative estimate of drug-likeness (QED) is 0.758. The summed E-state index contributed by atoms with van der Waals surface area (Å²) in [6.45, 7) is 9.81. The van der Waals surface area contributed by atoms with Crippen molar-refractivity contribution in [1.29, 1.82) is 0 Å². The van der Waals surface area contributed by atoms with Gasteiger partial charge in [-0.1, -0.05) is 50.3 Å². The van der Waals surface area contributed by atoms with Crippen LogP contribution in [0.3, 0.4) is 0 Å². The van der Waals surface area contributed by atoms with Crippen molar-refractivity contribution in [3.8, 4) is 0 Å². The Morgan fingerprint density at radius 1 is 1.33 bits per heavy atom. The van der Waals surface area contributed by atoms with Crippen molar-refractivity contribution < 1.29 is 8.42 Å². The van der Waals surface area contributed by atoms with Crippen molar-refractivity contribution in [1.82, 2.24) is 4.90 Å². The molecule has 1 unspecified atom stereocenters. The maximum atomic E-state index is 11.7. The van der Waals surface area contributed by atoms with Gasteiger partial charge in [-0.2, -0.15) is 0 Å². The summed E-state index contributed by atoms with van der Waals surface area (Å²) in [7, 11) is -2.85. The molecule has 1 aliphatic rings. The van der Waals surface area contributed by atoms with Crippen LogP contribution in [0.25, 0.3) is 0 Å². The number of hydrogen-bond acceptors (Lipinski definition) is 3. The van der Waals surface area contributed by atoms with E-state index in [1.165, 1.54) is 5.56 Å². The molecule has 116 valence electrons. The standard InChI is InChI=1S/C17H25NO2S/c1-4-11-18(16-10-12-21(19,20)13-16)14-17(2,3)15-8-6-5-7-9-15/h4-9,16H,1,10-14H2,2-3H3. The zero-order valence-electron chi connectivity index (χ0n) is 13.0. The Kier molecular flexibility index (Phi) is 4.89. The lowest BCUT2D eigenvalue weighted by molar-refractivity contribution is 0.192. The van der Waals surface area contributed by atoms with Gasteiger partial charge in [-0.05, 0) is 12.0 Å². The molecule has 0 aliphatic carbocycles. The average molecular weight is 307 g/mol. The lowest BCUT2D eigenvalue weighted by atomic mass is 9.83. The number of benzene rings is 1. The number of hydrogen-bond donors (Lipinski definition) is 0. The minimum absolute atomic E-state index is 0.0172. The van der Waals surface area contributed by atoms with Gasteiger partial charge in [0.2, 0.25) is 0 Å². The van der Waals surface area contributed by atoms with Gasteiger partial charge in [-0.15, -0.1) is 6.58 Å². The van der Waals surface area contributed by atoms with E-state index in [-0.39, 0.29) is 17.2 Å². The molecule has 1 fully saturated rings. The summed E-state index contributed by atoms with van der Waals surface area (Å²) in [6, 6.07) is 10.5. The van der Waals surface area contributed by atoms with Gasteiger partial charge in [-0.3, -0.25) is 4.90 Å². The van der Waals surface area contributed by atoms with Gasteiger partial charge < -0.3 is 0 Å². The molecule has 0 aromatic heterocycles. The van der Waals surface area contributed by atoms with Crippen LogP contribution in [-0.4, -0.2) is 44.0 Å². The Balaban J connectivity index is 2.14. The Bertz CT molecular complexity index is 578. The van der Waals surface area contributed by atoms with Crippen LogP contribution in [-0.2, 0) is 15.3 Å². The molecule has 0 bridgehead atoms. The topological polar surface area (TPSA) is 37.4 Å². The van der Waals surface area contributed by atoms with Crippen LogP contribution in [0.2, 0.25) is 0 Å². The minimum Gasteiger partial charge on any atom is -0.295 e. The summed E-state index contributed by atoms with van der Waals surface area (Å²) in [5.74, 6) is 0.600. The summed E-state index contributed by atoms with van der Waals surface area (Å²) >= 11 is 0. The molecule has 1 aromatic rings. The molecule has 3 nitrogen and oxygen atoms in total. The molecular weight excluding hydrogens is 282 g/mol. The Morgan fingerprint density at radius 3 is 2.52 bits per heavy atom. The van der Waals surface area contributed by atoms with E-state index in [9.17, 15) is 8.42 Å². The van der Waals surface area contributed by atoms with E-state index < -0.39 is 9.84 Å². The third kappa shape index (κ3) is 4.17. The van der Waals surface area contributed by atoms with E-state index in [0.29, 0.717) is 5.75 Å². The van der Waals surface area contributed by atoms with Crippen molar-refractivity contribution >= 4 is 9.84 Å². The summed E-state index contributed by atoms with van der Waals surface area (Å²) in [5, 5.41) is 0. The largest absolute Gasteiger partial charge is 0.295 e. The first-order chi connectivity index (χ1) is 9.84. The summed E-state index contributed by atoms with van der Waals surface area (Å²) in [6.07, 6.45) is 2.60. The van der Waals surface area contributed by atoms with Crippen LogP contribution in [0.5, 0.6) is 0 Å². The van der Waals surface area contributed by atoms with Crippen molar-refractivity contribution in [3.63, 3.8) is 0 Å². The van der Waals surface area contributed by atoms with Crippen LogP contribution in [0.4, 0.5) is 0 Å². The summed E-state index contributed by atoms with van der Waals surface area (Å²) in [5.41, 5.74) is 1.26. The van der Waals surface area contributed by atoms with Crippen LogP contribution in [0.1, 0.15) is 25.8 Å². The highest BCUT2D eigenvalue weighted by Gasteiger charge is 2.34. The van der Waals surface area contributed by atoms with Crippen LogP contribution < -0.4 is 0 Å². The third-order valence-corrected chi connectivity index (χ3v) is 5.99. The Labute approximate surface area is 128 Å². The van der Waals surface area contributed by atoms with Crippen LogP contribution >= 0.6 is 0 Å². The first kappa shape index (κ1) is 16.2. The van der Waals surface area contributed by atoms with E-state index in [0.717, 1.165) is 19.5 Å². The first-order valence-corrected chi connectivity index (χ1v) is 9.27. The Hall–Kier alpha value is -1.13. The molecule has 1 saturated heterocycles. The van der Waals surface area contributed by atoms with Crippen molar-refractivity contribution in [2.24, 2.45) is 0 Å². The zero-order valence-corrected chi connectivity index (χ0v) is 13.8. The van der Waals surface area contributed by atoms with Crippen molar-refractivity contribution in [2.75, 3.05) is 24.6 Å². The number of sulfone groups is 1. The fourth-order valence-electron chi connectivity index (χ4n) is 3.06. The molecule has 1 atom stereocenters. The fraction of sp³-hybridized carbons (Fsp3) is 0.529. The van der Waals surface area contributed by atoms with Crippen molar-refractivity contribution in [2.45, 2.75) is 31.7 Å². The summed E-state index contributed by atoms with van der Waals surface area (Å²) < 4.78 is 23.5. The normalized spacial score (nSPS) is 21.6. The molecule has 0 amide bonds. The van der Waals surface area contributed by atoms with Crippen molar-refractivity contribution in [3.05, 3.63) is 48.6 Å². The number of nitrogens with zero attached hydrogens (tertiary/aromatic N) is 1. The van der Waals surface area contributed by atoms with E-state index in [4.69, 9.17) is 0 Å². The van der Waals surface area contributed by atoms with Gasteiger partial charge in [0.1, 0.15) is 0 Å². The first-order valence-electron chi connectivity index (χ1n) is 7.45. The summed E-state index contributed by atoms with van der Waals surface area (Å²) in [4.78, 5) is 2.27. The molecular formula is C17H25NO2S. The maximum absolute atomic E-state index is 11.7. The van der Waals surface area contributed by atoms with Gasteiger partial charge >= 0.3 is 0 Å². The second kappa shape index (κ2) is 6.32. The molecule has 1 heterocycles. The average Bonchev–Trinajstić information content (AvgIpc) is 2.79.